The van der Waals surface area contributed by atoms with Crippen LogP contribution in [0, 0.1) is 0 Å². The molecule has 0 atom stereocenters. The Morgan fingerprint density at radius 2 is 1.85 bits per heavy atom. The van der Waals surface area contributed by atoms with Crippen molar-refractivity contribution in [1.82, 2.24) is 9.62 Å². The van der Waals surface area contributed by atoms with Gasteiger partial charge in [-0.05, 0) is 31.7 Å². The number of hydrogen-bond donors (Lipinski definition) is 1. The van der Waals surface area contributed by atoms with Crippen LogP contribution in [-0.4, -0.2) is 46.1 Å². The lowest BCUT2D eigenvalue weighted by Crippen LogP contribution is -2.33. The minimum atomic E-state index is -3.43. The maximum Gasteiger partial charge on any atom is 0.243 e. The van der Waals surface area contributed by atoms with Gasteiger partial charge in [0.05, 0.1) is 11.5 Å². The lowest BCUT2D eigenvalue weighted by atomic mass is 10.2. The number of benzene rings is 1. The molecule has 5 nitrogen and oxygen atoms in total. The maximum absolute atomic E-state index is 12.5. The molecule has 0 unspecified atom stereocenters. The molecule has 0 amide bonds. The molecular weight excluding hydrogens is 276 g/mol. The van der Waals surface area contributed by atoms with Crippen LogP contribution in [0.3, 0.4) is 0 Å². The normalized spacial score (nSPS) is 12.0. The van der Waals surface area contributed by atoms with E-state index in [0.29, 0.717) is 31.2 Å². The van der Waals surface area contributed by atoms with Gasteiger partial charge in [-0.3, -0.25) is 0 Å². The highest BCUT2D eigenvalue weighted by molar-refractivity contribution is 7.89. The Bertz CT molecular complexity index is 486. The molecule has 0 aliphatic carbocycles. The van der Waals surface area contributed by atoms with Crippen LogP contribution in [0.1, 0.15) is 19.4 Å². The number of sulfonamides is 1. The van der Waals surface area contributed by atoms with Crippen LogP contribution in [0.15, 0.2) is 29.2 Å². The van der Waals surface area contributed by atoms with Crippen molar-refractivity contribution in [2.24, 2.45) is 0 Å². The Balaban J connectivity index is 2.84. The van der Waals surface area contributed by atoms with E-state index >= 15 is 0 Å². The Morgan fingerprint density at radius 3 is 2.35 bits per heavy atom. The minimum Gasteiger partial charge on any atom is -0.380 e. The van der Waals surface area contributed by atoms with E-state index in [4.69, 9.17) is 4.74 Å². The molecule has 0 bridgehead atoms. The van der Waals surface area contributed by atoms with Gasteiger partial charge < -0.3 is 10.1 Å². The standard InChI is InChI=1S/C14H24N2O3S/c1-4-16(10-11-19-5-2)20(17,18)14-8-6-13(7-9-14)12-15-3/h6-9,15H,4-5,10-12H2,1-3H3. The van der Waals surface area contributed by atoms with E-state index in [0.717, 1.165) is 12.1 Å². The van der Waals surface area contributed by atoms with Gasteiger partial charge in [0, 0.05) is 26.2 Å². The third-order valence-corrected chi connectivity index (χ3v) is 4.97. The fourth-order valence-electron chi connectivity index (χ4n) is 1.89. The molecule has 6 heteroatoms. The molecule has 0 radical (unpaired) electrons. The molecule has 0 spiro atoms. The van der Waals surface area contributed by atoms with Gasteiger partial charge in [-0.15, -0.1) is 0 Å². The van der Waals surface area contributed by atoms with Crippen molar-refractivity contribution >= 4 is 10.0 Å². The quantitative estimate of drug-likeness (QED) is 0.701. The van der Waals surface area contributed by atoms with E-state index in [1.54, 1.807) is 12.1 Å². The molecule has 0 aromatic heterocycles. The van der Waals surface area contributed by atoms with E-state index in [2.05, 4.69) is 5.32 Å². The first-order valence-electron chi connectivity index (χ1n) is 6.87. The molecule has 0 aliphatic heterocycles. The maximum atomic E-state index is 12.5. The van der Waals surface area contributed by atoms with Gasteiger partial charge in [0.1, 0.15) is 0 Å². The van der Waals surface area contributed by atoms with Crippen molar-refractivity contribution in [1.29, 1.82) is 0 Å². The summed E-state index contributed by atoms with van der Waals surface area (Å²) in [5.41, 5.74) is 1.06. The fraction of sp³-hybridized carbons (Fsp3) is 0.571. The Labute approximate surface area is 122 Å². The number of nitrogens with one attached hydrogen (secondary N) is 1. The Morgan fingerprint density at radius 1 is 1.20 bits per heavy atom. The molecule has 114 valence electrons. The molecule has 0 fully saturated rings. The zero-order valence-corrected chi connectivity index (χ0v) is 13.2. The van der Waals surface area contributed by atoms with Crippen LogP contribution in [0.5, 0.6) is 0 Å². The monoisotopic (exact) mass is 300 g/mol. The number of nitrogens with zero attached hydrogens (tertiary/aromatic N) is 1. The van der Waals surface area contributed by atoms with Crippen molar-refractivity contribution in [3.8, 4) is 0 Å². The highest BCUT2D eigenvalue weighted by Gasteiger charge is 2.22. The third kappa shape index (κ3) is 4.56. The Kier molecular flexibility index (Phi) is 7.15. The van der Waals surface area contributed by atoms with E-state index in [-0.39, 0.29) is 0 Å². The predicted octanol–water partition coefficient (Wildman–Crippen LogP) is 1.45. The molecular formula is C14H24N2O3S. The molecule has 1 aromatic rings. The van der Waals surface area contributed by atoms with E-state index in [1.165, 1.54) is 4.31 Å². The molecule has 1 rings (SSSR count). The second-order valence-corrected chi connectivity index (χ2v) is 6.31. The van der Waals surface area contributed by atoms with Crippen molar-refractivity contribution in [3.05, 3.63) is 29.8 Å². The largest absolute Gasteiger partial charge is 0.380 e. The van der Waals surface area contributed by atoms with E-state index < -0.39 is 10.0 Å². The van der Waals surface area contributed by atoms with Gasteiger partial charge >= 0.3 is 0 Å². The van der Waals surface area contributed by atoms with E-state index in [9.17, 15) is 8.42 Å². The van der Waals surface area contributed by atoms with Crippen LogP contribution in [-0.2, 0) is 21.3 Å². The van der Waals surface area contributed by atoms with Gasteiger partial charge in [0.25, 0.3) is 0 Å². The fourth-order valence-corrected chi connectivity index (χ4v) is 3.32. The van der Waals surface area contributed by atoms with Gasteiger partial charge in [0.2, 0.25) is 10.0 Å². The number of ether oxygens (including phenoxy) is 1. The highest BCUT2D eigenvalue weighted by Crippen LogP contribution is 2.16. The Hall–Kier alpha value is -0.950. The van der Waals surface area contributed by atoms with Gasteiger partial charge in [-0.2, -0.15) is 4.31 Å². The summed E-state index contributed by atoms with van der Waals surface area (Å²) in [5.74, 6) is 0. The first-order chi connectivity index (χ1) is 9.56. The predicted molar refractivity (Wildman–Crippen MR) is 80.1 cm³/mol. The smallest absolute Gasteiger partial charge is 0.243 e. The summed E-state index contributed by atoms with van der Waals surface area (Å²) in [7, 11) is -1.57. The topological polar surface area (TPSA) is 58.6 Å². The molecule has 0 saturated heterocycles. The van der Waals surface area contributed by atoms with Crippen LogP contribution in [0.4, 0.5) is 0 Å². The molecule has 1 N–H and O–H groups in total. The second-order valence-electron chi connectivity index (χ2n) is 4.37. The van der Waals surface area contributed by atoms with Gasteiger partial charge in [-0.25, -0.2) is 8.42 Å². The SMILES string of the molecule is CCOCCN(CC)S(=O)(=O)c1ccc(CNC)cc1. The summed E-state index contributed by atoms with van der Waals surface area (Å²) >= 11 is 0. The zero-order chi connectivity index (χ0) is 15.0. The van der Waals surface area contributed by atoms with Crippen molar-refractivity contribution in [3.63, 3.8) is 0 Å². The second kappa shape index (κ2) is 8.36. The molecule has 0 heterocycles. The van der Waals surface area contributed by atoms with Crippen LogP contribution in [0.25, 0.3) is 0 Å². The summed E-state index contributed by atoms with van der Waals surface area (Å²) in [6.07, 6.45) is 0. The third-order valence-electron chi connectivity index (χ3n) is 2.98. The zero-order valence-electron chi connectivity index (χ0n) is 12.4. The number of likely N-dealkylation sites (N-methyl/N-ethyl adjacent to an activating group) is 1. The summed E-state index contributed by atoms with van der Waals surface area (Å²) in [6.45, 7) is 6.28. The van der Waals surface area contributed by atoms with Gasteiger partial charge in [-0.1, -0.05) is 19.1 Å². The summed E-state index contributed by atoms with van der Waals surface area (Å²) in [4.78, 5) is 0.329. The van der Waals surface area contributed by atoms with Crippen molar-refractivity contribution < 1.29 is 13.2 Å². The molecule has 0 aliphatic rings. The summed E-state index contributed by atoms with van der Waals surface area (Å²) in [5, 5.41) is 3.03. The lowest BCUT2D eigenvalue weighted by Gasteiger charge is -2.20. The highest BCUT2D eigenvalue weighted by atomic mass is 32.2. The van der Waals surface area contributed by atoms with Crippen LogP contribution >= 0.6 is 0 Å². The average molecular weight is 300 g/mol. The minimum absolute atomic E-state index is 0.329. The van der Waals surface area contributed by atoms with E-state index in [1.807, 2.05) is 33.0 Å². The first kappa shape index (κ1) is 17.1. The van der Waals surface area contributed by atoms with Crippen LogP contribution < -0.4 is 5.32 Å². The number of hydrogen-bond acceptors (Lipinski definition) is 4. The lowest BCUT2D eigenvalue weighted by molar-refractivity contribution is 0.135. The molecule has 20 heavy (non-hydrogen) atoms. The van der Waals surface area contributed by atoms with Crippen LogP contribution in [0.2, 0.25) is 0 Å². The summed E-state index contributed by atoms with van der Waals surface area (Å²) in [6, 6.07) is 6.98. The van der Waals surface area contributed by atoms with Gasteiger partial charge in [0.15, 0.2) is 0 Å². The number of rotatable bonds is 9. The molecule has 1 aromatic carbocycles. The summed E-state index contributed by atoms with van der Waals surface area (Å²) < 4.78 is 31.6. The van der Waals surface area contributed by atoms with Crippen molar-refractivity contribution in [2.75, 3.05) is 33.4 Å². The average Bonchev–Trinajstić information content (AvgIpc) is 2.44. The van der Waals surface area contributed by atoms with Crippen molar-refractivity contribution in [2.45, 2.75) is 25.3 Å². The molecule has 0 saturated carbocycles. The first-order valence-corrected chi connectivity index (χ1v) is 8.31.